The number of allylic oxidation sites excluding steroid dienone is 8. The Bertz CT molecular complexity index is 1340. The quantitative estimate of drug-likeness (QED) is 0.560. The molecule has 4 nitrogen and oxygen atoms in total. The topological polar surface area (TPSA) is 52.6 Å². The third-order valence-electron chi connectivity index (χ3n) is 6.67. The van der Waals surface area contributed by atoms with E-state index in [-0.39, 0.29) is 5.92 Å². The van der Waals surface area contributed by atoms with Gasteiger partial charge in [-0.15, -0.1) is 0 Å². The normalized spacial score (nSPS) is 24.7. The first-order chi connectivity index (χ1) is 14.6. The second-order valence-electron chi connectivity index (χ2n) is 7.94. The van der Waals surface area contributed by atoms with Gasteiger partial charge in [0.1, 0.15) is 0 Å². The maximum atomic E-state index is 13.0. The highest BCUT2D eigenvalue weighted by Crippen LogP contribution is 2.62. The molecule has 5 aliphatic rings. The van der Waals surface area contributed by atoms with Crippen LogP contribution in [0.15, 0.2) is 83.5 Å². The highest BCUT2D eigenvalue weighted by atomic mass is 16.5. The third kappa shape index (κ3) is 1.86. The number of benzene rings is 2. The molecule has 0 heterocycles. The molecule has 1 spiro atoms. The SMILES string of the molecule is COC(=O)C1=C(C(=O)OC)C23C=CC1C=CC2=C1C(=C3)c2cccc3cccc1c23. The molecular formula is C26H18O4. The van der Waals surface area contributed by atoms with Crippen molar-refractivity contribution >= 4 is 33.9 Å². The zero-order valence-electron chi connectivity index (χ0n) is 16.6. The van der Waals surface area contributed by atoms with Crippen LogP contribution in [-0.4, -0.2) is 26.2 Å². The van der Waals surface area contributed by atoms with Crippen molar-refractivity contribution in [1.29, 1.82) is 0 Å². The molecule has 0 saturated heterocycles. The molecule has 2 aromatic rings. The van der Waals surface area contributed by atoms with Crippen LogP contribution >= 0.6 is 0 Å². The molecule has 2 bridgehead atoms. The smallest absolute Gasteiger partial charge is 0.335 e. The lowest BCUT2D eigenvalue weighted by Gasteiger charge is -2.32. The average Bonchev–Trinajstić information content (AvgIpc) is 3.13. The second kappa shape index (κ2) is 5.70. The second-order valence-corrected chi connectivity index (χ2v) is 7.94. The number of carbonyl (C=O) groups is 2. The molecular weight excluding hydrogens is 376 g/mol. The summed E-state index contributed by atoms with van der Waals surface area (Å²) in [6.07, 6.45) is 10.2. The van der Waals surface area contributed by atoms with Gasteiger partial charge in [-0.2, -0.15) is 0 Å². The van der Waals surface area contributed by atoms with Crippen LogP contribution in [0.1, 0.15) is 11.1 Å². The van der Waals surface area contributed by atoms with Crippen molar-refractivity contribution < 1.29 is 19.1 Å². The first kappa shape index (κ1) is 17.2. The summed E-state index contributed by atoms with van der Waals surface area (Å²) in [5.74, 6) is -1.33. The van der Waals surface area contributed by atoms with Crippen molar-refractivity contribution in [2.45, 2.75) is 0 Å². The van der Waals surface area contributed by atoms with E-state index in [1.807, 2.05) is 18.2 Å². The van der Waals surface area contributed by atoms with Crippen LogP contribution in [0, 0.1) is 11.3 Å². The Morgan fingerprint density at radius 3 is 2.40 bits per heavy atom. The van der Waals surface area contributed by atoms with Gasteiger partial charge in [-0.05, 0) is 38.6 Å². The fourth-order valence-corrected chi connectivity index (χ4v) is 5.49. The highest BCUT2D eigenvalue weighted by molar-refractivity contribution is 6.26. The molecule has 5 aliphatic carbocycles. The maximum Gasteiger partial charge on any atom is 0.335 e. The van der Waals surface area contributed by atoms with E-state index < -0.39 is 17.4 Å². The number of carbonyl (C=O) groups excluding carboxylic acids is 2. The summed E-state index contributed by atoms with van der Waals surface area (Å²) in [6, 6.07) is 12.6. The van der Waals surface area contributed by atoms with Crippen LogP contribution in [0.3, 0.4) is 0 Å². The summed E-state index contributed by atoms with van der Waals surface area (Å²) in [4.78, 5) is 25.8. The lowest BCUT2D eigenvalue weighted by molar-refractivity contribution is -0.140. The lowest BCUT2D eigenvalue weighted by Crippen LogP contribution is -2.32. The van der Waals surface area contributed by atoms with Crippen molar-refractivity contribution in [2.75, 3.05) is 14.2 Å². The van der Waals surface area contributed by atoms with Gasteiger partial charge in [0.25, 0.3) is 0 Å². The predicted octanol–water partition coefficient (Wildman–Crippen LogP) is 4.39. The van der Waals surface area contributed by atoms with Crippen molar-refractivity contribution in [3.05, 3.63) is 94.6 Å². The minimum absolute atomic E-state index is 0.327. The summed E-state index contributed by atoms with van der Waals surface area (Å²) >= 11 is 0. The van der Waals surface area contributed by atoms with Crippen LogP contribution < -0.4 is 0 Å². The van der Waals surface area contributed by atoms with E-state index in [4.69, 9.17) is 9.47 Å². The van der Waals surface area contributed by atoms with Gasteiger partial charge in [0.15, 0.2) is 0 Å². The molecule has 2 atom stereocenters. The van der Waals surface area contributed by atoms with E-state index in [1.165, 1.54) is 25.0 Å². The summed E-state index contributed by atoms with van der Waals surface area (Å²) in [5, 5.41) is 2.43. The van der Waals surface area contributed by atoms with Gasteiger partial charge in [0.05, 0.1) is 30.8 Å². The Labute approximate surface area is 173 Å². The van der Waals surface area contributed by atoms with Gasteiger partial charge >= 0.3 is 11.9 Å². The number of rotatable bonds is 2. The summed E-state index contributed by atoms with van der Waals surface area (Å²) in [6.45, 7) is 0. The molecule has 0 radical (unpaired) electrons. The predicted molar refractivity (Wildman–Crippen MR) is 114 cm³/mol. The molecule has 0 N–H and O–H groups in total. The van der Waals surface area contributed by atoms with Crippen LogP contribution in [0.25, 0.3) is 21.9 Å². The van der Waals surface area contributed by atoms with E-state index in [1.54, 1.807) is 0 Å². The zero-order chi connectivity index (χ0) is 20.6. The van der Waals surface area contributed by atoms with Crippen LogP contribution in [0.5, 0.6) is 0 Å². The summed E-state index contributed by atoms with van der Waals surface area (Å²) in [5.41, 5.74) is 5.38. The van der Waals surface area contributed by atoms with E-state index in [0.717, 1.165) is 27.8 Å². The van der Waals surface area contributed by atoms with Gasteiger partial charge < -0.3 is 9.47 Å². The van der Waals surface area contributed by atoms with Crippen molar-refractivity contribution in [3.63, 3.8) is 0 Å². The van der Waals surface area contributed by atoms with Crippen molar-refractivity contribution in [2.24, 2.45) is 11.3 Å². The Hall–Kier alpha value is -3.66. The molecule has 0 saturated carbocycles. The molecule has 146 valence electrons. The van der Waals surface area contributed by atoms with Crippen LogP contribution in [-0.2, 0) is 19.1 Å². The van der Waals surface area contributed by atoms with E-state index >= 15 is 0 Å². The molecule has 4 heteroatoms. The largest absolute Gasteiger partial charge is 0.466 e. The minimum atomic E-state index is -0.847. The van der Waals surface area contributed by atoms with Gasteiger partial charge in [-0.25, -0.2) is 9.59 Å². The Balaban J connectivity index is 1.73. The number of hydrogen-bond acceptors (Lipinski definition) is 4. The first-order valence-electron chi connectivity index (χ1n) is 9.90. The van der Waals surface area contributed by atoms with Crippen LogP contribution in [0.2, 0.25) is 0 Å². The molecule has 30 heavy (non-hydrogen) atoms. The third-order valence-corrected chi connectivity index (χ3v) is 6.67. The molecule has 2 unspecified atom stereocenters. The van der Waals surface area contributed by atoms with Gasteiger partial charge in [-0.3, -0.25) is 0 Å². The Morgan fingerprint density at radius 2 is 1.67 bits per heavy atom. The van der Waals surface area contributed by atoms with Crippen molar-refractivity contribution in [3.8, 4) is 0 Å². The zero-order valence-corrected chi connectivity index (χ0v) is 16.6. The fraction of sp³-hybridized carbons (Fsp3) is 0.154. The Morgan fingerprint density at radius 1 is 0.933 bits per heavy atom. The first-order valence-corrected chi connectivity index (χ1v) is 9.90. The molecule has 0 fully saturated rings. The molecule has 0 aliphatic heterocycles. The molecule has 2 aromatic carbocycles. The Kier molecular flexibility index (Phi) is 3.27. The number of fused-ring (bicyclic) bond motifs is 3. The molecule has 7 rings (SSSR count). The van der Waals surface area contributed by atoms with Crippen molar-refractivity contribution in [1.82, 2.24) is 0 Å². The standard InChI is InChI=1S/C26H18O4/c1-29-24(27)21-15-9-10-19-22-17-8-4-6-14-5-3-7-16(20(14)17)18(22)13-26(19,12-11-15)23(21)25(28)30-2/h3-13,15H,1-2H3. The molecule has 0 amide bonds. The van der Waals surface area contributed by atoms with E-state index in [9.17, 15) is 9.59 Å². The monoisotopic (exact) mass is 394 g/mol. The number of methoxy groups -OCH3 is 2. The number of esters is 2. The highest BCUT2D eigenvalue weighted by Gasteiger charge is 2.52. The number of ether oxygens (including phenoxy) is 2. The van der Waals surface area contributed by atoms with E-state index in [0.29, 0.717) is 11.1 Å². The maximum absolute atomic E-state index is 13.0. The van der Waals surface area contributed by atoms with E-state index in [2.05, 4.69) is 48.6 Å². The minimum Gasteiger partial charge on any atom is -0.466 e. The van der Waals surface area contributed by atoms with Gasteiger partial charge in [0.2, 0.25) is 0 Å². The number of hydrogen-bond donors (Lipinski definition) is 0. The fourth-order valence-electron chi connectivity index (χ4n) is 5.49. The summed E-state index contributed by atoms with van der Waals surface area (Å²) in [7, 11) is 2.69. The summed E-state index contributed by atoms with van der Waals surface area (Å²) < 4.78 is 10.2. The lowest BCUT2D eigenvalue weighted by atomic mass is 9.69. The average molecular weight is 394 g/mol. The van der Waals surface area contributed by atoms with Gasteiger partial charge in [-0.1, -0.05) is 66.8 Å². The van der Waals surface area contributed by atoms with Gasteiger partial charge in [0, 0.05) is 5.92 Å². The van der Waals surface area contributed by atoms with Crippen LogP contribution in [0.4, 0.5) is 0 Å². The molecule has 0 aromatic heterocycles.